The molecule has 9 heteroatoms. The molecule has 1 saturated heterocycles. The van der Waals surface area contributed by atoms with Gasteiger partial charge in [0.2, 0.25) is 5.91 Å². The molecular weight excluding hydrogens is 629 g/mol. The normalized spacial score (nSPS) is 14.7. The van der Waals surface area contributed by atoms with Crippen LogP contribution in [0.5, 0.6) is 0 Å². The van der Waals surface area contributed by atoms with Crippen molar-refractivity contribution >= 4 is 35.0 Å². The predicted octanol–water partition coefficient (Wildman–Crippen LogP) is 2.86. The van der Waals surface area contributed by atoms with Crippen LogP contribution in [0.15, 0.2) is 66.7 Å². The molecule has 0 unspecified atom stereocenters. The first-order chi connectivity index (χ1) is 18.2. The highest BCUT2D eigenvalue weighted by Gasteiger charge is 2.28. The van der Waals surface area contributed by atoms with Crippen LogP contribution in [0.1, 0.15) is 30.4 Å². The van der Waals surface area contributed by atoms with Crippen molar-refractivity contribution in [2.75, 3.05) is 37.8 Å². The quantitative estimate of drug-likeness (QED) is 0.256. The predicted molar refractivity (Wildman–Crippen MR) is 151 cm³/mol. The molecule has 0 bridgehead atoms. The van der Waals surface area contributed by atoms with E-state index in [0.29, 0.717) is 28.4 Å². The lowest BCUT2D eigenvalue weighted by atomic mass is 9.99. The molecular formula is C30H35ClIN3O4. The highest BCUT2D eigenvalue weighted by atomic mass is 127. The zero-order chi connectivity index (χ0) is 27.1. The summed E-state index contributed by atoms with van der Waals surface area (Å²) in [6.07, 6.45) is 1.85. The Labute approximate surface area is 252 Å². The van der Waals surface area contributed by atoms with Gasteiger partial charge >= 0.3 is 6.09 Å². The lowest BCUT2D eigenvalue weighted by Crippen LogP contribution is -3.00. The molecule has 0 saturated carbocycles. The van der Waals surface area contributed by atoms with E-state index in [1.807, 2.05) is 48.5 Å². The molecule has 3 aromatic rings. The molecule has 3 aromatic carbocycles. The van der Waals surface area contributed by atoms with Crippen molar-refractivity contribution in [1.82, 2.24) is 0 Å². The summed E-state index contributed by atoms with van der Waals surface area (Å²) in [5, 5.41) is 15.4. The number of halogens is 2. The number of likely N-dealkylation sites (tertiary alicyclic amines) is 1. The number of nitrogens with zero attached hydrogens (tertiary/aromatic N) is 1. The van der Waals surface area contributed by atoms with E-state index in [0.717, 1.165) is 47.1 Å². The fourth-order valence-electron chi connectivity index (χ4n) is 4.60. The van der Waals surface area contributed by atoms with Crippen molar-refractivity contribution in [3.63, 3.8) is 0 Å². The Bertz CT molecular complexity index is 1280. The molecule has 0 radical (unpaired) electrons. The molecule has 1 fully saturated rings. The van der Waals surface area contributed by atoms with E-state index in [1.54, 1.807) is 18.2 Å². The maximum Gasteiger partial charge on any atom is 0.411 e. The van der Waals surface area contributed by atoms with Crippen LogP contribution >= 0.6 is 11.6 Å². The molecule has 208 valence electrons. The van der Waals surface area contributed by atoms with E-state index in [1.165, 1.54) is 0 Å². The molecule has 1 aliphatic rings. The molecule has 0 atom stereocenters. The monoisotopic (exact) mass is 663 g/mol. The number of rotatable bonds is 8. The van der Waals surface area contributed by atoms with Gasteiger partial charge in [0, 0.05) is 24.8 Å². The van der Waals surface area contributed by atoms with Crippen LogP contribution in [0.2, 0.25) is 5.02 Å². The Kier molecular flexibility index (Phi) is 11.2. The summed E-state index contributed by atoms with van der Waals surface area (Å²) in [4.78, 5) is 25.5. The van der Waals surface area contributed by atoms with Gasteiger partial charge in [0.1, 0.15) is 6.10 Å². The van der Waals surface area contributed by atoms with Gasteiger partial charge in [-0.2, -0.15) is 0 Å². The molecule has 1 heterocycles. The summed E-state index contributed by atoms with van der Waals surface area (Å²) in [5.74, 6) is -0.177. The summed E-state index contributed by atoms with van der Waals surface area (Å²) in [7, 11) is 4.38. The van der Waals surface area contributed by atoms with E-state index < -0.39 is 6.09 Å². The summed E-state index contributed by atoms with van der Waals surface area (Å²) in [6, 6.07) is 20.7. The van der Waals surface area contributed by atoms with Crippen LogP contribution in [0.4, 0.5) is 16.2 Å². The number of piperidine rings is 1. The van der Waals surface area contributed by atoms with Crippen molar-refractivity contribution in [2.45, 2.75) is 38.4 Å². The first-order valence-corrected chi connectivity index (χ1v) is 13.3. The number of quaternary nitrogens is 1. The summed E-state index contributed by atoms with van der Waals surface area (Å²) in [6.45, 7) is 1.83. The van der Waals surface area contributed by atoms with Gasteiger partial charge in [-0.25, -0.2) is 4.79 Å². The molecule has 3 N–H and O–H groups in total. The van der Waals surface area contributed by atoms with Gasteiger partial charge in [0.25, 0.3) is 0 Å². The number of ether oxygens (including phenoxy) is 1. The van der Waals surface area contributed by atoms with Crippen LogP contribution in [0.3, 0.4) is 0 Å². The minimum atomic E-state index is -0.463. The Morgan fingerprint density at radius 3 is 2.31 bits per heavy atom. The van der Waals surface area contributed by atoms with E-state index in [-0.39, 0.29) is 49.0 Å². The molecule has 4 rings (SSSR count). The molecule has 2 amide bonds. The molecule has 1 aliphatic heterocycles. The summed E-state index contributed by atoms with van der Waals surface area (Å²) >= 11 is 6.22. The SMILES string of the molecule is C[N+]1(C)CCC(OC(=O)Nc2cc(CCC(=O)Nc3ccc(CO)cc3Cl)ccc2-c2ccccc2)CC1.[I-]. The third-order valence-electron chi connectivity index (χ3n) is 6.92. The van der Waals surface area contributed by atoms with Gasteiger partial charge < -0.3 is 43.6 Å². The van der Waals surface area contributed by atoms with Gasteiger partial charge in [-0.3, -0.25) is 10.1 Å². The lowest BCUT2D eigenvalue weighted by molar-refractivity contribution is -0.896. The smallest absolute Gasteiger partial charge is 0.411 e. The molecule has 0 aliphatic carbocycles. The fourth-order valence-corrected chi connectivity index (χ4v) is 4.85. The number of anilines is 2. The second-order valence-corrected chi connectivity index (χ2v) is 10.8. The minimum absolute atomic E-state index is 0. The first kappa shape index (κ1) is 30.9. The Balaban J connectivity index is 0.00000420. The van der Waals surface area contributed by atoms with Crippen molar-refractivity contribution < 1.29 is 47.9 Å². The van der Waals surface area contributed by atoms with Crippen LogP contribution in [-0.2, 0) is 22.6 Å². The van der Waals surface area contributed by atoms with Crippen molar-refractivity contribution in [3.05, 3.63) is 82.9 Å². The number of carbonyl (C=O) groups excluding carboxylic acids is 2. The summed E-state index contributed by atoms with van der Waals surface area (Å²) < 4.78 is 6.70. The third kappa shape index (κ3) is 8.93. The highest BCUT2D eigenvalue weighted by molar-refractivity contribution is 6.33. The van der Waals surface area contributed by atoms with Gasteiger partial charge in [0.05, 0.1) is 50.2 Å². The standard InChI is InChI=1S/C30H34ClN3O4.HI/c1-34(2)16-14-24(15-17-34)38-30(37)33-28-19-21(8-11-25(28)23-6-4-3-5-7-23)10-13-29(36)32-27-12-9-22(20-35)18-26(27)31;/h3-9,11-12,18-19,24,35H,10,13-17,20H2,1-2H3,(H-,32,33,36,37);1H. The number of aliphatic hydroxyl groups excluding tert-OH is 1. The number of hydrogen-bond acceptors (Lipinski definition) is 4. The first-order valence-electron chi connectivity index (χ1n) is 12.9. The number of nitrogens with one attached hydrogen (secondary N) is 2. The Hall–Kier alpha value is -2.66. The van der Waals surface area contributed by atoms with E-state index in [2.05, 4.69) is 24.7 Å². The lowest BCUT2D eigenvalue weighted by Gasteiger charge is -2.36. The second-order valence-electron chi connectivity index (χ2n) is 10.4. The Morgan fingerprint density at radius 1 is 0.949 bits per heavy atom. The maximum absolute atomic E-state index is 12.9. The van der Waals surface area contributed by atoms with Crippen molar-refractivity contribution in [2.24, 2.45) is 0 Å². The largest absolute Gasteiger partial charge is 1.00 e. The van der Waals surface area contributed by atoms with Gasteiger partial charge in [-0.15, -0.1) is 0 Å². The van der Waals surface area contributed by atoms with Crippen LogP contribution in [0.25, 0.3) is 11.1 Å². The Morgan fingerprint density at radius 2 is 1.64 bits per heavy atom. The van der Waals surface area contributed by atoms with Crippen molar-refractivity contribution in [3.8, 4) is 11.1 Å². The zero-order valence-electron chi connectivity index (χ0n) is 22.3. The number of aryl methyl sites for hydroxylation is 1. The maximum atomic E-state index is 12.9. The third-order valence-corrected chi connectivity index (χ3v) is 7.24. The van der Waals surface area contributed by atoms with E-state index >= 15 is 0 Å². The number of carbonyl (C=O) groups is 2. The van der Waals surface area contributed by atoms with Gasteiger partial charge in [-0.05, 0) is 41.3 Å². The van der Waals surface area contributed by atoms with Gasteiger partial charge in [-0.1, -0.05) is 60.1 Å². The number of benzene rings is 3. The zero-order valence-corrected chi connectivity index (χ0v) is 25.2. The summed E-state index contributed by atoms with van der Waals surface area (Å²) in [5.41, 5.74) is 4.60. The minimum Gasteiger partial charge on any atom is -1.00 e. The number of hydrogen-bond donors (Lipinski definition) is 3. The topological polar surface area (TPSA) is 87.7 Å². The number of aliphatic hydroxyl groups is 1. The second kappa shape index (κ2) is 14.1. The molecule has 7 nitrogen and oxygen atoms in total. The molecule has 0 aromatic heterocycles. The van der Waals surface area contributed by atoms with Crippen LogP contribution < -0.4 is 34.6 Å². The van der Waals surface area contributed by atoms with Crippen LogP contribution in [0, 0.1) is 0 Å². The van der Waals surface area contributed by atoms with Gasteiger partial charge in [0.15, 0.2) is 0 Å². The van der Waals surface area contributed by atoms with Crippen molar-refractivity contribution in [1.29, 1.82) is 0 Å². The average Bonchev–Trinajstić information content (AvgIpc) is 2.90. The average molecular weight is 664 g/mol. The molecule has 39 heavy (non-hydrogen) atoms. The highest BCUT2D eigenvalue weighted by Crippen LogP contribution is 2.30. The van der Waals surface area contributed by atoms with Crippen LogP contribution in [-0.4, -0.2) is 54.9 Å². The fraction of sp³-hybridized carbons (Fsp3) is 0.333. The molecule has 0 spiro atoms. The number of amides is 2. The van der Waals surface area contributed by atoms with E-state index in [4.69, 9.17) is 16.3 Å². The van der Waals surface area contributed by atoms with E-state index in [9.17, 15) is 14.7 Å².